The Hall–Kier alpha value is -3.66. The van der Waals surface area contributed by atoms with E-state index < -0.39 is 35.1 Å². The van der Waals surface area contributed by atoms with Crippen LogP contribution in [0.25, 0.3) is 0 Å². The van der Waals surface area contributed by atoms with E-state index in [9.17, 15) is 9.59 Å². The van der Waals surface area contributed by atoms with Gasteiger partial charge in [-0.3, -0.25) is 9.69 Å². The zero-order valence-electron chi connectivity index (χ0n) is 21.3. The summed E-state index contributed by atoms with van der Waals surface area (Å²) in [7, 11) is 0. The van der Waals surface area contributed by atoms with Crippen LogP contribution in [-0.4, -0.2) is 22.8 Å². The zero-order chi connectivity index (χ0) is 25.5. The van der Waals surface area contributed by atoms with Gasteiger partial charge in [0.2, 0.25) is 0 Å². The normalized spacial score (nSPS) is 31.2. The van der Waals surface area contributed by atoms with E-state index in [4.69, 9.17) is 4.74 Å². The first-order valence-corrected chi connectivity index (χ1v) is 12.7. The molecule has 3 aromatic rings. The number of carbonyl (C=O) groups excluding carboxylic acids is 2. The number of nitrogens with zero attached hydrogens (tertiary/aromatic N) is 1. The summed E-state index contributed by atoms with van der Waals surface area (Å²) in [6.07, 6.45) is 1.74. The van der Waals surface area contributed by atoms with E-state index in [0.29, 0.717) is 0 Å². The number of ketones is 1. The Labute approximate surface area is 213 Å². The molecule has 4 heteroatoms. The maximum atomic E-state index is 14.3. The van der Waals surface area contributed by atoms with Gasteiger partial charge in [-0.05, 0) is 35.6 Å². The smallest absolute Gasteiger partial charge is 0.411 e. The first kappa shape index (κ1) is 24.1. The second kappa shape index (κ2) is 9.09. The zero-order valence-corrected chi connectivity index (χ0v) is 21.3. The average Bonchev–Trinajstić information content (AvgIpc) is 3.34. The monoisotopic (exact) mass is 479 g/mol. The number of benzene rings is 3. The highest BCUT2D eigenvalue weighted by atomic mass is 16.6. The van der Waals surface area contributed by atoms with Crippen molar-refractivity contribution in [3.05, 3.63) is 119 Å². The van der Waals surface area contributed by atoms with Crippen molar-refractivity contribution in [2.24, 2.45) is 5.41 Å². The topological polar surface area (TPSA) is 46.6 Å². The van der Waals surface area contributed by atoms with Gasteiger partial charge in [-0.25, -0.2) is 4.79 Å². The molecule has 0 unspecified atom stereocenters. The van der Waals surface area contributed by atoms with Gasteiger partial charge in [0.1, 0.15) is 12.1 Å². The molecule has 5 rings (SSSR count). The fourth-order valence-corrected chi connectivity index (χ4v) is 6.58. The highest BCUT2D eigenvalue weighted by Crippen LogP contribution is 2.61. The van der Waals surface area contributed by atoms with Gasteiger partial charge in [-0.2, -0.15) is 0 Å². The average molecular weight is 480 g/mol. The Morgan fingerprint density at radius 2 is 1.36 bits per heavy atom. The van der Waals surface area contributed by atoms with Gasteiger partial charge in [-0.15, -0.1) is 0 Å². The fourth-order valence-electron chi connectivity index (χ4n) is 6.58. The standard InChI is InChI=1S/C32H33NO3/c1-5-25-27(34)29(32(4,31(25,3)6-2)24-20-14-9-15-21-24)33-26(22-16-10-7-11-17-22)28(36-30(33)35)23-18-12-8-13-19-23/h5,7-21,26,28-29H,6H2,1-4H3/b25-5-/t26-,28+,29+,31+,32+/m0/s1. The summed E-state index contributed by atoms with van der Waals surface area (Å²) in [6.45, 7) is 8.37. The summed E-state index contributed by atoms with van der Waals surface area (Å²) < 4.78 is 6.10. The van der Waals surface area contributed by atoms with Crippen LogP contribution in [0.15, 0.2) is 103 Å². The lowest BCUT2D eigenvalue weighted by atomic mass is 9.60. The number of ether oxygens (including phenoxy) is 1. The number of Topliss-reactive ketones (excluding diaryl/α,β-unsaturated/α-hetero) is 1. The summed E-state index contributed by atoms with van der Waals surface area (Å²) in [5, 5.41) is 0. The van der Waals surface area contributed by atoms with E-state index in [1.165, 1.54) is 0 Å². The summed E-state index contributed by atoms with van der Waals surface area (Å²) in [4.78, 5) is 29.9. The molecule has 2 fully saturated rings. The largest absolute Gasteiger partial charge is 0.439 e. The highest BCUT2D eigenvalue weighted by molar-refractivity contribution is 6.07. The van der Waals surface area contributed by atoms with Crippen LogP contribution in [0.4, 0.5) is 4.79 Å². The van der Waals surface area contributed by atoms with Crippen molar-refractivity contribution in [1.82, 2.24) is 4.90 Å². The van der Waals surface area contributed by atoms with E-state index in [1.54, 1.807) is 4.90 Å². The van der Waals surface area contributed by atoms with Gasteiger partial charge in [0, 0.05) is 10.8 Å². The molecule has 0 spiro atoms. The molecule has 0 N–H and O–H groups in total. The third-order valence-corrected chi connectivity index (χ3v) is 8.74. The minimum atomic E-state index is -0.706. The molecule has 1 heterocycles. The molecule has 2 aliphatic rings. The van der Waals surface area contributed by atoms with E-state index in [1.807, 2.05) is 91.9 Å². The van der Waals surface area contributed by atoms with Crippen LogP contribution < -0.4 is 0 Å². The molecule has 4 nitrogen and oxygen atoms in total. The lowest BCUT2D eigenvalue weighted by molar-refractivity contribution is -0.119. The molecule has 0 radical (unpaired) electrons. The Balaban J connectivity index is 1.75. The maximum absolute atomic E-state index is 14.3. The number of hydrogen-bond acceptors (Lipinski definition) is 3. The predicted molar refractivity (Wildman–Crippen MR) is 141 cm³/mol. The SMILES string of the molecule is C/C=C1/C(=O)[C@@H](N2C(=O)O[C@H](c3ccccc3)[C@@H]2c2ccccc2)[C@@](C)(c2ccccc2)[C@]1(C)CC. The number of cyclic esters (lactones) is 1. The molecule has 184 valence electrons. The Morgan fingerprint density at radius 1 is 0.833 bits per heavy atom. The minimum Gasteiger partial charge on any atom is -0.439 e. The number of carbonyl (C=O) groups is 2. The van der Waals surface area contributed by atoms with Gasteiger partial charge >= 0.3 is 6.09 Å². The van der Waals surface area contributed by atoms with E-state index >= 15 is 0 Å². The van der Waals surface area contributed by atoms with E-state index in [0.717, 1.165) is 28.7 Å². The lowest BCUT2D eigenvalue weighted by Crippen LogP contribution is -2.54. The van der Waals surface area contributed by atoms with Crippen LogP contribution in [0.2, 0.25) is 0 Å². The first-order valence-electron chi connectivity index (χ1n) is 12.7. The van der Waals surface area contributed by atoms with Gasteiger partial charge in [0.15, 0.2) is 11.9 Å². The van der Waals surface area contributed by atoms with Crippen LogP contribution in [0.3, 0.4) is 0 Å². The molecule has 0 aromatic heterocycles. The van der Waals surface area contributed by atoms with Crippen molar-refractivity contribution < 1.29 is 14.3 Å². The molecule has 1 aliphatic heterocycles. The molecule has 1 saturated heterocycles. The molecule has 3 aromatic carbocycles. The summed E-state index contributed by atoms with van der Waals surface area (Å²) in [6, 6.07) is 28.8. The maximum Gasteiger partial charge on any atom is 0.411 e. The van der Waals surface area contributed by atoms with Gasteiger partial charge < -0.3 is 4.74 Å². The molecule has 1 amide bonds. The number of hydrogen-bond donors (Lipinski definition) is 0. The highest BCUT2D eigenvalue weighted by Gasteiger charge is 2.66. The number of rotatable bonds is 5. The Kier molecular flexibility index (Phi) is 6.07. The van der Waals surface area contributed by atoms with Crippen molar-refractivity contribution in [3.63, 3.8) is 0 Å². The van der Waals surface area contributed by atoms with E-state index in [2.05, 4.69) is 32.9 Å². The third-order valence-electron chi connectivity index (χ3n) is 8.74. The summed E-state index contributed by atoms with van der Waals surface area (Å²) in [5.74, 6) is -0.000189. The van der Waals surface area contributed by atoms with Gasteiger partial charge in [0.25, 0.3) is 0 Å². The van der Waals surface area contributed by atoms with Gasteiger partial charge in [0.05, 0.1) is 0 Å². The first-order chi connectivity index (χ1) is 17.4. The van der Waals surface area contributed by atoms with Gasteiger partial charge in [-0.1, -0.05) is 118 Å². The van der Waals surface area contributed by atoms with Crippen LogP contribution in [-0.2, 0) is 14.9 Å². The van der Waals surface area contributed by atoms with Crippen molar-refractivity contribution in [3.8, 4) is 0 Å². The Morgan fingerprint density at radius 3 is 1.89 bits per heavy atom. The van der Waals surface area contributed by atoms with Crippen LogP contribution >= 0.6 is 0 Å². The number of allylic oxidation sites excluding steroid dienone is 1. The summed E-state index contributed by atoms with van der Waals surface area (Å²) in [5.41, 5.74) is 2.58. The van der Waals surface area contributed by atoms with Crippen LogP contribution in [0.5, 0.6) is 0 Å². The molecular formula is C32H33NO3. The molecule has 36 heavy (non-hydrogen) atoms. The minimum absolute atomic E-state index is 0.000189. The molecule has 1 saturated carbocycles. The quantitative estimate of drug-likeness (QED) is 0.364. The Bertz CT molecular complexity index is 1290. The van der Waals surface area contributed by atoms with Crippen molar-refractivity contribution in [2.45, 2.75) is 57.7 Å². The van der Waals surface area contributed by atoms with Crippen LogP contribution in [0.1, 0.15) is 63.0 Å². The second-order valence-corrected chi connectivity index (χ2v) is 10.2. The van der Waals surface area contributed by atoms with Crippen molar-refractivity contribution in [2.75, 3.05) is 0 Å². The summed E-state index contributed by atoms with van der Waals surface area (Å²) >= 11 is 0. The van der Waals surface area contributed by atoms with Crippen molar-refractivity contribution in [1.29, 1.82) is 0 Å². The lowest BCUT2D eigenvalue weighted by Gasteiger charge is -2.46. The third kappa shape index (κ3) is 3.35. The fraction of sp³-hybridized carbons (Fsp3) is 0.312. The number of amides is 1. The second-order valence-electron chi connectivity index (χ2n) is 10.2. The molecule has 1 aliphatic carbocycles. The molecule has 5 atom stereocenters. The molecular weight excluding hydrogens is 446 g/mol. The predicted octanol–water partition coefficient (Wildman–Crippen LogP) is 7.19. The van der Waals surface area contributed by atoms with Crippen LogP contribution in [0, 0.1) is 5.41 Å². The van der Waals surface area contributed by atoms with Crippen molar-refractivity contribution >= 4 is 11.9 Å². The molecule has 0 bridgehead atoms. The van der Waals surface area contributed by atoms with E-state index in [-0.39, 0.29) is 5.78 Å².